The summed E-state index contributed by atoms with van der Waals surface area (Å²) in [4.78, 5) is 24.5. The molecule has 2 aromatic rings. The highest BCUT2D eigenvalue weighted by Crippen LogP contribution is 2.18. The topological polar surface area (TPSA) is 71.1 Å². The van der Waals surface area contributed by atoms with Crippen molar-refractivity contribution < 1.29 is 28.5 Å². The summed E-state index contributed by atoms with van der Waals surface area (Å²) in [5.74, 6) is -1.14. The lowest BCUT2D eigenvalue weighted by atomic mass is 10.1. The summed E-state index contributed by atoms with van der Waals surface area (Å²) in [6, 6.07) is 13.9. The van der Waals surface area contributed by atoms with Crippen molar-refractivity contribution >= 4 is 11.9 Å². The van der Waals surface area contributed by atoms with Crippen LogP contribution in [0.25, 0.3) is 0 Å². The maximum absolute atomic E-state index is 12.3. The van der Waals surface area contributed by atoms with E-state index in [1.807, 2.05) is 38.1 Å². The maximum Gasteiger partial charge on any atom is 0.340 e. The predicted octanol–water partition coefficient (Wildman–Crippen LogP) is 3.02. The molecule has 1 aliphatic heterocycles. The van der Waals surface area contributed by atoms with Crippen molar-refractivity contribution in [3.05, 3.63) is 70.8 Å². The van der Waals surface area contributed by atoms with Crippen molar-refractivity contribution in [3.63, 3.8) is 0 Å². The number of carbonyl (C=O) groups excluding carboxylic acids is 2. The van der Waals surface area contributed by atoms with Crippen LogP contribution in [-0.2, 0) is 18.9 Å². The van der Waals surface area contributed by atoms with Gasteiger partial charge in [0.25, 0.3) is 12.6 Å². The zero-order chi connectivity index (χ0) is 18.5. The van der Waals surface area contributed by atoms with Crippen LogP contribution in [0.2, 0.25) is 0 Å². The molecule has 2 atom stereocenters. The van der Waals surface area contributed by atoms with Crippen LogP contribution < -0.4 is 0 Å². The second-order valence-corrected chi connectivity index (χ2v) is 6.02. The lowest BCUT2D eigenvalue weighted by Gasteiger charge is -2.30. The zero-order valence-electron chi connectivity index (χ0n) is 14.6. The van der Waals surface area contributed by atoms with Crippen LogP contribution in [0.3, 0.4) is 0 Å². The molecule has 0 aromatic heterocycles. The van der Waals surface area contributed by atoms with Gasteiger partial charge in [-0.2, -0.15) is 0 Å². The summed E-state index contributed by atoms with van der Waals surface area (Å²) in [5, 5.41) is 0. The van der Waals surface area contributed by atoms with Gasteiger partial charge in [0.15, 0.2) is 0 Å². The van der Waals surface area contributed by atoms with Crippen molar-refractivity contribution in [2.24, 2.45) is 0 Å². The average Bonchev–Trinajstić information content (AvgIpc) is 2.64. The molecule has 0 radical (unpaired) electrons. The molecule has 0 unspecified atom stereocenters. The standard InChI is InChI=1S/C20H20O6/c1-13-3-7-15(8-4-13)17(21)25-19-20(24-12-11-23-19)26-18(22)16-9-5-14(2)6-10-16/h3-10,19-20H,11-12H2,1-2H3/t19-,20-/m1/s1. The van der Waals surface area contributed by atoms with Gasteiger partial charge in [0.1, 0.15) is 0 Å². The van der Waals surface area contributed by atoms with Crippen LogP contribution >= 0.6 is 0 Å². The molecule has 0 saturated carbocycles. The number of aryl methyl sites for hydroxylation is 2. The third-order valence-electron chi connectivity index (χ3n) is 3.89. The minimum absolute atomic E-state index is 0.241. The van der Waals surface area contributed by atoms with Crippen LogP contribution in [0, 0.1) is 13.8 Å². The van der Waals surface area contributed by atoms with Gasteiger partial charge < -0.3 is 18.9 Å². The summed E-state index contributed by atoms with van der Waals surface area (Å²) >= 11 is 0. The monoisotopic (exact) mass is 356 g/mol. The third kappa shape index (κ3) is 4.47. The summed E-state index contributed by atoms with van der Waals surface area (Å²) in [7, 11) is 0. The van der Waals surface area contributed by atoms with Crippen LogP contribution in [-0.4, -0.2) is 37.7 Å². The fourth-order valence-corrected chi connectivity index (χ4v) is 2.39. The van der Waals surface area contributed by atoms with Gasteiger partial charge in [0, 0.05) is 0 Å². The first-order valence-corrected chi connectivity index (χ1v) is 8.31. The Morgan fingerprint density at radius 1 is 0.731 bits per heavy atom. The molecule has 136 valence electrons. The molecule has 0 N–H and O–H groups in total. The molecular formula is C20H20O6. The second-order valence-electron chi connectivity index (χ2n) is 6.02. The molecular weight excluding hydrogens is 336 g/mol. The van der Waals surface area contributed by atoms with Gasteiger partial charge in [-0.1, -0.05) is 35.4 Å². The number of esters is 2. The Labute approximate surface area is 151 Å². The predicted molar refractivity (Wildman–Crippen MR) is 92.7 cm³/mol. The van der Waals surface area contributed by atoms with E-state index >= 15 is 0 Å². The van der Waals surface area contributed by atoms with E-state index in [-0.39, 0.29) is 13.2 Å². The van der Waals surface area contributed by atoms with Crippen LogP contribution in [0.1, 0.15) is 31.8 Å². The van der Waals surface area contributed by atoms with Crippen LogP contribution in [0.4, 0.5) is 0 Å². The normalized spacial score (nSPS) is 19.6. The van der Waals surface area contributed by atoms with E-state index in [1.54, 1.807) is 24.3 Å². The van der Waals surface area contributed by atoms with E-state index < -0.39 is 24.5 Å². The number of benzene rings is 2. The Kier molecular flexibility index (Phi) is 5.65. The van der Waals surface area contributed by atoms with Gasteiger partial charge in [0.2, 0.25) is 0 Å². The van der Waals surface area contributed by atoms with Crippen molar-refractivity contribution in [3.8, 4) is 0 Å². The largest absolute Gasteiger partial charge is 0.425 e. The average molecular weight is 356 g/mol. The van der Waals surface area contributed by atoms with Crippen molar-refractivity contribution in [2.45, 2.75) is 26.4 Å². The molecule has 3 rings (SSSR count). The Morgan fingerprint density at radius 3 is 1.42 bits per heavy atom. The van der Waals surface area contributed by atoms with Crippen molar-refractivity contribution in [1.29, 1.82) is 0 Å². The Bertz CT molecular complexity index is 698. The van der Waals surface area contributed by atoms with Crippen molar-refractivity contribution in [2.75, 3.05) is 13.2 Å². The molecule has 26 heavy (non-hydrogen) atoms. The highest BCUT2D eigenvalue weighted by Gasteiger charge is 2.34. The SMILES string of the molecule is Cc1ccc(C(=O)O[C@H]2OCCO[C@@H]2OC(=O)c2ccc(C)cc2)cc1. The van der Waals surface area contributed by atoms with E-state index in [2.05, 4.69) is 0 Å². The molecule has 0 bridgehead atoms. The third-order valence-corrected chi connectivity index (χ3v) is 3.89. The highest BCUT2D eigenvalue weighted by molar-refractivity contribution is 5.90. The Morgan fingerprint density at radius 2 is 1.08 bits per heavy atom. The molecule has 1 aliphatic rings. The fraction of sp³-hybridized carbons (Fsp3) is 0.300. The van der Waals surface area contributed by atoms with E-state index in [9.17, 15) is 9.59 Å². The first-order valence-electron chi connectivity index (χ1n) is 8.31. The summed E-state index contributed by atoms with van der Waals surface area (Å²) in [6.45, 7) is 4.33. The number of hydrogen-bond donors (Lipinski definition) is 0. The lowest BCUT2D eigenvalue weighted by molar-refractivity contribution is -0.288. The maximum atomic E-state index is 12.3. The van der Waals surface area contributed by atoms with E-state index in [0.717, 1.165) is 11.1 Å². The molecule has 0 amide bonds. The zero-order valence-corrected chi connectivity index (χ0v) is 14.6. The summed E-state index contributed by atoms with van der Waals surface area (Å²) < 4.78 is 21.5. The number of ether oxygens (including phenoxy) is 4. The van der Waals surface area contributed by atoms with Gasteiger partial charge in [-0.15, -0.1) is 0 Å². The number of rotatable bonds is 4. The second kappa shape index (κ2) is 8.12. The summed E-state index contributed by atoms with van der Waals surface area (Å²) in [6.07, 6.45) is -2.24. The minimum Gasteiger partial charge on any atom is -0.425 e. The number of carbonyl (C=O) groups is 2. The van der Waals surface area contributed by atoms with Gasteiger partial charge in [0.05, 0.1) is 24.3 Å². The minimum atomic E-state index is -1.12. The smallest absolute Gasteiger partial charge is 0.340 e. The van der Waals surface area contributed by atoms with Crippen LogP contribution in [0.15, 0.2) is 48.5 Å². The first kappa shape index (κ1) is 18.1. The molecule has 1 heterocycles. The summed E-state index contributed by atoms with van der Waals surface area (Å²) in [5.41, 5.74) is 2.83. The van der Waals surface area contributed by atoms with E-state index in [1.165, 1.54) is 0 Å². The molecule has 6 nitrogen and oxygen atoms in total. The quantitative estimate of drug-likeness (QED) is 0.784. The van der Waals surface area contributed by atoms with Gasteiger partial charge >= 0.3 is 11.9 Å². The highest BCUT2D eigenvalue weighted by atomic mass is 16.8. The van der Waals surface area contributed by atoms with E-state index in [0.29, 0.717) is 11.1 Å². The molecule has 2 aromatic carbocycles. The molecule has 6 heteroatoms. The van der Waals surface area contributed by atoms with Gasteiger partial charge in [-0.25, -0.2) is 9.59 Å². The van der Waals surface area contributed by atoms with Gasteiger partial charge in [-0.3, -0.25) is 0 Å². The van der Waals surface area contributed by atoms with Crippen molar-refractivity contribution in [1.82, 2.24) is 0 Å². The van der Waals surface area contributed by atoms with Gasteiger partial charge in [-0.05, 0) is 38.1 Å². The first-order chi connectivity index (χ1) is 12.5. The van der Waals surface area contributed by atoms with E-state index in [4.69, 9.17) is 18.9 Å². The fourth-order valence-electron chi connectivity index (χ4n) is 2.39. The Balaban J connectivity index is 1.65. The molecule has 1 fully saturated rings. The molecule has 0 spiro atoms. The Hall–Kier alpha value is -2.70. The molecule has 1 saturated heterocycles. The number of hydrogen-bond acceptors (Lipinski definition) is 6. The van der Waals surface area contributed by atoms with Crippen LogP contribution in [0.5, 0.6) is 0 Å². The lowest BCUT2D eigenvalue weighted by Crippen LogP contribution is -2.44. The molecule has 0 aliphatic carbocycles.